The molecule has 18 heavy (non-hydrogen) atoms. The van der Waals surface area contributed by atoms with Crippen LogP contribution in [0.2, 0.25) is 0 Å². The summed E-state index contributed by atoms with van der Waals surface area (Å²) < 4.78 is 6.17. The molecule has 0 saturated heterocycles. The molecule has 3 nitrogen and oxygen atoms in total. The summed E-state index contributed by atoms with van der Waals surface area (Å²) in [5.74, 6) is 1.08. The van der Waals surface area contributed by atoms with E-state index in [0.29, 0.717) is 6.54 Å². The number of anilines is 1. The second-order valence-electron chi connectivity index (χ2n) is 3.90. The minimum absolute atomic E-state index is 0.280. The minimum atomic E-state index is 0.280. The molecule has 0 saturated carbocycles. The van der Waals surface area contributed by atoms with Crippen molar-refractivity contribution in [2.45, 2.75) is 6.54 Å². The summed E-state index contributed by atoms with van der Waals surface area (Å²) in [5, 5.41) is 12.5. The normalized spacial score (nSPS) is 10.1. The van der Waals surface area contributed by atoms with Crippen LogP contribution in [0.5, 0.6) is 11.5 Å². The lowest BCUT2D eigenvalue weighted by molar-refractivity contribution is 0.414. The molecule has 2 rings (SSSR count). The second-order valence-corrected chi connectivity index (χ2v) is 4.82. The van der Waals surface area contributed by atoms with Crippen molar-refractivity contribution in [1.29, 1.82) is 0 Å². The monoisotopic (exact) mass is 307 g/mol. The average molecular weight is 308 g/mol. The van der Waals surface area contributed by atoms with Gasteiger partial charge < -0.3 is 15.2 Å². The first kappa shape index (κ1) is 12.8. The highest BCUT2D eigenvalue weighted by molar-refractivity contribution is 9.10. The molecule has 0 spiro atoms. The van der Waals surface area contributed by atoms with Crippen molar-refractivity contribution >= 4 is 21.6 Å². The summed E-state index contributed by atoms with van der Waals surface area (Å²) in [7, 11) is 1.64. The van der Waals surface area contributed by atoms with Gasteiger partial charge in [0.05, 0.1) is 7.11 Å². The van der Waals surface area contributed by atoms with Gasteiger partial charge in [-0.25, -0.2) is 0 Å². The molecular weight excluding hydrogens is 294 g/mol. The van der Waals surface area contributed by atoms with Gasteiger partial charge in [0.15, 0.2) is 0 Å². The van der Waals surface area contributed by atoms with Crippen molar-refractivity contribution in [2.75, 3.05) is 12.4 Å². The molecule has 0 unspecified atom stereocenters. The zero-order valence-electron chi connectivity index (χ0n) is 9.98. The number of benzene rings is 2. The molecule has 4 heteroatoms. The molecule has 2 aromatic carbocycles. The van der Waals surface area contributed by atoms with Gasteiger partial charge in [-0.15, -0.1) is 0 Å². The third-order valence-electron chi connectivity index (χ3n) is 2.54. The molecule has 0 radical (unpaired) electrons. The Morgan fingerprint density at radius 2 is 1.89 bits per heavy atom. The van der Waals surface area contributed by atoms with Gasteiger partial charge in [-0.1, -0.05) is 28.1 Å². The number of phenolic OH excluding ortho intramolecular Hbond substituents is 1. The van der Waals surface area contributed by atoms with E-state index in [1.54, 1.807) is 19.2 Å². The van der Waals surface area contributed by atoms with Crippen LogP contribution >= 0.6 is 15.9 Å². The molecule has 0 fully saturated rings. The van der Waals surface area contributed by atoms with Gasteiger partial charge in [0, 0.05) is 22.8 Å². The van der Waals surface area contributed by atoms with Crippen LogP contribution in [-0.4, -0.2) is 12.2 Å². The molecule has 0 aliphatic heterocycles. The highest BCUT2D eigenvalue weighted by Gasteiger charge is 2.00. The summed E-state index contributed by atoms with van der Waals surface area (Å²) in [5.41, 5.74) is 2.08. The van der Waals surface area contributed by atoms with Crippen LogP contribution in [0.25, 0.3) is 0 Å². The number of methoxy groups -OCH3 is 1. The Balaban J connectivity index is 2.05. The minimum Gasteiger partial charge on any atom is -0.508 e. The lowest BCUT2D eigenvalue weighted by atomic mass is 10.2. The first-order chi connectivity index (χ1) is 8.67. The Morgan fingerprint density at radius 3 is 2.56 bits per heavy atom. The quantitative estimate of drug-likeness (QED) is 0.903. The average Bonchev–Trinajstić information content (AvgIpc) is 2.37. The Morgan fingerprint density at radius 1 is 1.17 bits per heavy atom. The van der Waals surface area contributed by atoms with E-state index in [0.717, 1.165) is 21.5 Å². The van der Waals surface area contributed by atoms with Crippen LogP contribution < -0.4 is 10.1 Å². The van der Waals surface area contributed by atoms with Crippen molar-refractivity contribution in [2.24, 2.45) is 0 Å². The van der Waals surface area contributed by atoms with E-state index in [9.17, 15) is 5.11 Å². The number of aromatic hydroxyl groups is 1. The summed E-state index contributed by atoms with van der Waals surface area (Å²) in [6.07, 6.45) is 0. The molecule has 0 aliphatic rings. The SMILES string of the molecule is COc1cc(Br)cc(NCc2ccc(O)cc2)c1. The third kappa shape index (κ3) is 3.40. The number of ether oxygens (including phenoxy) is 1. The van der Waals surface area contributed by atoms with Crippen molar-refractivity contribution in [1.82, 2.24) is 0 Å². The molecule has 0 atom stereocenters. The fourth-order valence-electron chi connectivity index (χ4n) is 1.60. The van der Waals surface area contributed by atoms with Crippen molar-refractivity contribution < 1.29 is 9.84 Å². The second kappa shape index (κ2) is 5.78. The highest BCUT2D eigenvalue weighted by Crippen LogP contribution is 2.24. The molecule has 0 heterocycles. The Hall–Kier alpha value is -1.68. The van der Waals surface area contributed by atoms with Crippen LogP contribution in [0.15, 0.2) is 46.9 Å². The smallest absolute Gasteiger partial charge is 0.122 e. The van der Waals surface area contributed by atoms with Crippen LogP contribution in [0.1, 0.15) is 5.56 Å². The van der Waals surface area contributed by atoms with Gasteiger partial charge in [0.1, 0.15) is 11.5 Å². The predicted molar refractivity (Wildman–Crippen MR) is 76.1 cm³/mol. The number of nitrogens with one attached hydrogen (secondary N) is 1. The Bertz CT molecular complexity index is 526. The maximum absolute atomic E-state index is 9.20. The molecule has 2 aromatic rings. The Kier molecular flexibility index (Phi) is 4.10. The van der Waals surface area contributed by atoms with E-state index in [1.165, 1.54) is 0 Å². The lowest BCUT2D eigenvalue weighted by Gasteiger charge is -2.09. The molecule has 0 amide bonds. The number of hydrogen-bond acceptors (Lipinski definition) is 3. The van der Waals surface area contributed by atoms with Crippen LogP contribution in [0.3, 0.4) is 0 Å². The van der Waals surface area contributed by atoms with E-state index in [-0.39, 0.29) is 5.75 Å². The Labute approximate surface area is 115 Å². The highest BCUT2D eigenvalue weighted by atomic mass is 79.9. The van der Waals surface area contributed by atoms with Gasteiger partial charge in [-0.3, -0.25) is 0 Å². The van der Waals surface area contributed by atoms with Crippen LogP contribution in [0.4, 0.5) is 5.69 Å². The standard InChI is InChI=1S/C14H14BrNO2/c1-18-14-7-11(15)6-12(8-14)16-9-10-2-4-13(17)5-3-10/h2-8,16-17H,9H2,1H3. The topological polar surface area (TPSA) is 41.5 Å². The molecule has 0 bridgehead atoms. The zero-order chi connectivity index (χ0) is 13.0. The van der Waals surface area contributed by atoms with Gasteiger partial charge >= 0.3 is 0 Å². The van der Waals surface area contributed by atoms with Crippen LogP contribution in [-0.2, 0) is 6.54 Å². The molecule has 2 N–H and O–H groups in total. The summed E-state index contributed by atoms with van der Waals surface area (Å²) in [4.78, 5) is 0. The first-order valence-corrected chi connectivity index (χ1v) is 6.33. The largest absolute Gasteiger partial charge is 0.508 e. The number of hydrogen-bond donors (Lipinski definition) is 2. The first-order valence-electron chi connectivity index (χ1n) is 5.54. The summed E-state index contributed by atoms with van der Waals surface area (Å²) in [6, 6.07) is 13.0. The van der Waals surface area contributed by atoms with Gasteiger partial charge in [-0.05, 0) is 29.8 Å². The van der Waals surface area contributed by atoms with E-state index >= 15 is 0 Å². The van der Waals surface area contributed by atoms with Crippen molar-refractivity contribution in [3.8, 4) is 11.5 Å². The van der Waals surface area contributed by atoms with Gasteiger partial charge in [0.2, 0.25) is 0 Å². The molecule has 94 valence electrons. The van der Waals surface area contributed by atoms with Crippen molar-refractivity contribution in [3.05, 3.63) is 52.5 Å². The fourth-order valence-corrected chi connectivity index (χ4v) is 2.07. The van der Waals surface area contributed by atoms with E-state index in [1.807, 2.05) is 30.3 Å². The molecule has 0 aromatic heterocycles. The lowest BCUT2D eigenvalue weighted by Crippen LogP contribution is -1.99. The van der Waals surface area contributed by atoms with E-state index in [4.69, 9.17) is 4.74 Å². The third-order valence-corrected chi connectivity index (χ3v) is 3.00. The van der Waals surface area contributed by atoms with Gasteiger partial charge in [-0.2, -0.15) is 0 Å². The molecular formula is C14H14BrNO2. The molecule has 0 aliphatic carbocycles. The zero-order valence-corrected chi connectivity index (χ0v) is 11.6. The predicted octanol–water partition coefficient (Wildman–Crippen LogP) is 3.78. The fraction of sp³-hybridized carbons (Fsp3) is 0.143. The number of halogens is 1. The number of phenols is 1. The van der Waals surface area contributed by atoms with Crippen LogP contribution in [0, 0.1) is 0 Å². The summed E-state index contributed by atoms with van der Waals surface area (Å²) in [6.45, 7) is 0.694. The van der Waals surface area contributed by atoms with Gasteiger partial charge in [0.25, 0.3) is 0 Å². The maximum atomic E-state index is 9.20. The van der Waals surface area contributed by atoms with E-state index < -0.39 is 0 Å². The maximum Gasteiger partial charge on any atom is 0.122 e. The number of rotatable bonds is 4. The van der Waals surface area contributed by atoms with E-state index in [2.05, 4.69) is 21.2 Å². The van der Waals surface area contributed by atoms with Crippen molar-refractivity contribution in [3.63, 3.8) is 0 Å². The summed E-state index contributed by atoms with van der Waals surface area (Å²) >= 11 is 3.44.